The topological polar surface area (TPSA) is 26.3 Å². The van der Waals surface area contributed by atoms with Gasteiger partial charge in [0.2, 0.25) is 0 Å². The van der Waals surface area contributed by atoms with E-state index >= 15 is 0 Å². The van der Waals surface area contributed by atoms with Crippen LogP contribution < -0.4 is 4.74 Å². The SMILES string of the molecule is C[C@H]1CC(=O)c2cc(F)ccc2O1. The molecule has 1 aliphatic heterocycles. The number of hydrogen-bond acceptors (Lipinski definition) is 2. The van der Waals surface area contributed by atoms with Crippen molar-refractivity contribution in [3.63, 3.8) is 0 Å². The van der Waals surface area contributed by atoms with Crippen LogP contribution in [0.3, 0.4) is 0 Å². The van der Waals surface area contributed by atoms with Crippen molar-refractivity contribution in [2.24, 2.45) is 0 Å². The van der Waals surface area contributed by atoms with Crippen LogP contribution in [0.1, 0.15) is 23.7 Å². The normalized spacial score (nSPS) is 20.8. The van der Waals surface area contributed by atoms with Crippen LogP contribution in [-0.2, 0) is 0 Å². The lowest BCUT2D eigenvalue weighted by Gasteiger charge is -2.21. The Labute approximate surface area is 75.3 Å². The van der Waals surface area contributed by atoms with Crippen molar-refractivity contribution in [1.82, 2.24) is 0 Å². The van der Waals surface area contributed by atoms with E-state index in [1.165, 1.54) is 18.2 Å². The van der Waals surface area contributed by atoms with Gasteiger partial charge in [0.25, 0.3) is 0 Å². The summed E-state index contributed by atoms with van der Waals surface area (Å²) in [7, 11) is 0. The Morgan fingerprint density at radius 1 is 1.54 bits per heavy atom. The first-order valence-corrected chi connectivity index (χ1v) is 4.16. The molecule has 0 aliphatic carbocycles. The summed E-state index contributed by atoms with van der Waals surface area (Å²) >= 11 is 0. The number of ether oxygens (including phenoxy) is 1. The number of ketones is 1. The molecule has 0 saturated heterocycles. The van der Waals surface area contributed by atoms with E-state index in [-0.39, 0.29) is 11.9 Å². The van der Waals surface area contributed by atoms with Gasteiger partial charge in [0.1, 0.15) is 17.7 Å². The monoisotopic (exact) mass is 180 g/mol. The van der Waals surface area contributed by atoms with Crippen LogP contribution in [0.2, 0.25) is 0 Å². The highest BCUT2D eigenvalue weighted by Crippen LogP contribution is 2.27. The van der Waals surface area contributed by atoms with Crippen molar-refractivity contribution < 1.29 is 13.9 Å². The molecule has 0 N–H and O–H groups in total. The highest BCUT2D eigenvalue weighted by Gasteiger charge is 2.23. The van der Waals surface area contributed by atoms with Crippen molar-refractivity contribution in [3.05, 3.63) is 29.6 Å². The molecule has 0 saturated carbocycles. The van der Waals surface area contributed by atoms with Gasteiger partial charge in [-0.2, -0.15) is 0 Å². The molecule has 1 aliphatic rings. The van der Waals surface area contributed by atoms with Crippen molar-refractivity contribution in [3.8, 4) is 5.75 Å². The van der Waals surface area contributed by atoms with Crippen LogP contribution in [-0.4, -0.2) is 11.9 Å². The third kappa shape index (κ3) is 1.41. The van der Waals surface area contributed by atoms with Crippen LogP contribution in [0.25, 0.3) is 0 Å². The summed E-state index contributed by atoms with van der Waals surface area (Å²) in [6, 6.07) is 4.02. The molecule has 2 rings (SSSR count). The summed E-state index contributed by atoms with van der Waals surface area (Å²) in [5.41, 5.74) is 0.359. The Bertz CT molecular complexity index is 360. The average molecular weight is 180 g/mol. The van der Waals surface area contributed by atoms with Gasteiger partial charge in [-0.25, -0.2) is 4.39 Å². The third-order valence-electron chi connectivity index (χ3n) is 2.04. The van der Waals surface area contributed by atoms with E-state index in [1.807, 2.05) is 6.92 Å². The zero-order valence-electron chi connectivity index (χ0n) is 7.21. The van der Waals surface area contributed by atoms with Crippen molar-refractivity contribution in [2.45, 2.75) is 19.4 Å². The average Bonchev–Trinajstić information content (AvgIpc) is 2.06. The minimum atomic E-state index is -0.398. The van der Waals surface area contributed by atoms with Gasteiger partial charge in [0, 0.05) is 6.42 Å². The Balaban J connectivity index is 2.49. The van der Waals surface area contributed by atoms with Crippen molar-refractivity contribution in [2.75, 3.05) is 0 Å². The molecule has 13 heavy (non-hydrogen) atoms. The number of hydrogen-bond donors (Lipinski definition) is 0. The van der Waals surface area contributed by atoms with E-state index in [2.05, 4.69) is 0 Å². The van der Waals surface area contributed by atoms with Crippen molar-refractivity contribution in [1.29, 1.82) is 0 Å². The smallest absolute Gasteiger partial charge is 0.170 e. The summed E-state index contributed by atoms with van der Waals surface area (Å²) in [6.07, 6.45) is 0.224. The molecule has 1 atom stereocenters. The first-order chi connectivity index (χ1) is 6.16. The maximum Gasteiger partial charge on any atom is 0.170 e. The summed E-state index contributed by atoms with van der Waals surface area (Å²) in [5, 5.41) is 0. The summed E-state index contributed by atoms with van der Waals surface area (Å²) in [5.74, 6) is 0.0450. The number of carbonyl (C=O) groups is 1. The first kappa shape index (κ1) is 8.23. The molecule has 3 heteroatoms. The van der Waals surface area contributed by atoms with Gasteiger partial charge in [-0.3, -0.25) is 4.79 Å². The van der Waals surface area contributed by atoms with Crippen LogP contribution in [0.15, 0.2) is 18.2 Å². The fraction of sp³-hybridized carbons (Fsp3) is 0.300. The Morgan fingerprint density at radius 3 is 3.08 bits per heavy atom. The first-order valence-electron chi connectivity index (χ1n) is 4.16. The molecule has 68 valence electrons. The standard InChI is InChI=1S/C10H9FO2/c1-6-4-9(12)8-5-7(11)2-3-10(8)13-6/h2-3,5-6H,4H2,1H3/t6-/m0/s1. The van der Waals surface area contributed by atoms with Gasteiger partial charge in [0.05, 0.1) is 5.56 Å². The van der Waals surface area contributed by atoms with E-state index < -0.39 is 5.82 Å². The van der Waals surface area contributed by atoms with Gasteiger partial charge >= 0.3 is 0 Å². The number of benzene rings is 1. The molecular weight excluding hydrogens is 171 g/mol. The zero-order valence-corrected chi connectivity index (χ0v) is 7.21. The third-order valence-corrected chi connectivity index (χ3v) is 2.04. The second-order valence-corrected chi connectivity index (χ2v) is 3.20. The largest absolute Gasteiger partial charge is 0.489 e. The molecular formula is C10H9FO2. The molecule has 0 amide bonds. The Kier molecular flexibility index (Phi) is 1.79. The number of rotatable bonds is 0. The fourth-order valence-corrected chi connectivity index (χ4v) is 1.45. The second-order valence-electron chi connectivity index (χ2n) is 3.20. The highest BCUT2D eigenvalue weighted by atomic mass is 19.1. The minimum Gasteiger partial charge on any atom is -0.489 e. The molecule has 0 fully saturated rings. The lowest BCUT2D eigenvalue weighted by Crippen LogP contribution is -2.23. The highest BCUT2D eigenvalue weighted by molar-refractivity contribution is 5.99. The maximum absolute atomic E-state index is 12.8. The van der Waals surface area contributed by atoms with E-state index in [1.54, 1.807) is 0 Å². The Morgan fingerprint density at radius 2 is 2.31 bits per heavy atom. The minimum absolute atomic E-state index is 0.0479. The van der Waals surface area contributed by atoms with Gasteiger partial charge in [-0.15, -0.1) is 0 Å². The summed E-state index contributed by atoms with van der Waals surface area (Å²) in [4.78, 5) is 11.4. The molecule has 0 aromatic heterocycles. The number of fused-ring (bicyclic) bond motifs is 1. The van der Waals surface area contributed by atoms with Crippen molar-refractivity contribution >= 4 is 5.78 Å². The summed E-state index contributed by atoms with van der Waals surface area (Å²) in [6.45, 7) is 1.82. The molecule has 1 aromatic carbocycles. The van der Waals surface area contributed by atoms with Crippen LogP contribution in [0.5, 0.6) is 5.75 Å². The molecule has 0 bridgehead atoms. The van der Waals surface area contributed by atoms with Gasteiger partial charge in [-0.05, 0) is 25.1 Å². The molecule has 0 radical (unpaired) electrons. The number of Topliss-reactive ketones (excluding diaryl/α,β-unsaturated/α-hetero) is 1. The van der Waals surface area contributed by atoms with E-state index in [4.69, 9.17) is 4.74 Å². The molecule has 1 heterocycles. The zero-order chi connectivity index (χ0) is 9.42. The van der Waals surface area contributed by atoms with Crippen LogP contribution >= 0.6 is 0 Å². The van der Waals surface area contributed by atoms with Gasteiger partial charge in [0.15, 0.2) is 5.78 Å². The number of halogens is 1. The molecule has 1 aromatic rings. The van der Waals surface area contributed by atoms with E-state index in [0.717, 1.165) is 0 Å². The quantitative estimate of drug-likeness (QED) is 0.611. The van der Waals surface area contributed by atoms with Gasteiger partial charge < -0.3 is 4.74 Å². The predicted octanol–water partition coefficient (Wildman–Crippen LogP) is 2.18. The molecule has 0 spiro atoms. The van der Waals surface area contributed by atoms with Gasteiger partial charge in [-0.1, -0.05) is 0 Å². The van der Waals surface area contributed by atoms with E-state index in [9.17, 15) is 9.18 Å². The maximum atomic E-state index is 12.8. The second kappa shape index (κ2) is 2.83. The lowest BCUT2D eigenvalue weighted by atomic mass is 10.0. The van der Waals surface area contributed by atoms with Crippen LogP contribution in [0.4, 0.5) is 4.39 Å². The molecule has 2 nitrogen and oxygen atoms in total. The lowest BCUT2D eigenvalue weighted by molar-refractivity contribution is 0.0870. The number of carbonyl (C=O) groups excluding carboxylic acids is 1. The predicted molar refractivity (Wildman–Crippen MR) is 45.4 cm³/mol. The van der Waals surface area contributed by atoms with Crippen LogP contribution in [0, 0.1) is 5.82 Å². The molecule has 0 unspecified atom stereocenters. The fourth-order valence-electron chi connectivity index (χ4n) is 1.45. The summed E-state index contributed by atoms with van der Waals surface area (Å²) < 4.78 is 18.1. The Hall–Kier alpha value is -1.38. The van der Waals surface area contributed by atoms with E-state index in [0.29, 0.717) is 17.7 Å².